The van der Waals surface area contributed by atoms with Gasteiger partial charge in [-0.25, -0.2) is 0 Å². The molecule has 5 heteroatoms. The molecule has 25 heavy (non-hydrogen) atoms. The van der Waals surface area contributed by atoms with Crippen molar-refractivity contribution in [2.45, 2.75) is 26.9 Å². The average molecular weight is 362 g/mol. The van der Waals surface area contributed by atoms with Crippen molar-refractivity contribution in [3.63, 3.8) is 0 Å². The van der Waals surface area contributed by atoms with E-state index in [0.717, 1.165) is 12.0 Å². The van der Waals surface area contributed by atoms with E-state index in [0.29, 0.717) is 34.5 Å². The summed E-state index contributed by atoms with van der Waals surface area (Å²) in [6, 6.07) is 12.6. The molecule has 0 aromatic heterocycles. The molecule has 0 atom stereocenters. The monoisotopic (exact) mass is 361 g/mol. The maximum atomic E-state index is 12.3. The lowest BCUT2D eigenvalue weighted by Gasteiger charge is -2.13. The molecule has 2 aromatic carbocycles. The van der Waals surface area contributed by atoms with Gasteiger partial charge in [-0.3, -0.25) is 4.79 Å². The summed E-state index contributed by atoms with van der Waals surface area (Å²) in [5, 5.41) is 3.48. The van der Waals surface area contributed by atoms with Crippen molar-refractivity contribution < 1.29 is 14.3 Å². The normalized spacial score (nSPS) is 10.6. The number of amides is 1. The summed E-state index contributed by atoms with van der Waals surface area (Å²) in [6.07, 6.45) is 0.949. The van der Waals surface area contributed by atoms with Crippen LogP contribution in [0.25, 0.3) is 0 Å². The van der Waals surface area contributed by atoms with Gasteiger partial charge in [-0.05, 0) is 42.7 Å². The molecule has 0 bridgehead atoms. The van der Waals surface area contributed by atoms with Crippen LogP contribution in [-0.2, 0) is 6.61 Å². The molecule has 0 saturated heterocycles. The van der Waals surface area contributed by atoms with E-state index in [2.05, 4.69) is 19.2 Å². The highest BCUT2D eigenvalue weighted by atomic mass is 35.5. The third-order valence-electron chi connectivity index (χ3n) is 3.77. The SMILES string of the molecule is COc1ccc(C(=O)NCCC(C)C)cc1COc1ccccc1Cl. The second kappa shape index (κ2) is 9.33. The Bertz CT molecular complexity index is 716. The standard InChI is InChI=1S/C20H24ClNO3/c1-14(2)10-11-22-20(23)15-8-9-18(24-3)16(12-15)13-25-19-7-5-4-6-17(19)21/h4-9,12,14H,10-11,13H2,1-3H3,(H,22,23). The number of hydrogen-bond donors (Lipinski definition) is 1. The number of para-hydroxylation sites is 1. The Morgan fingerprint density at radius 3 is 2.60 bits per heavy atom. The highest BCUT2D eigenvalue weighted by molar-refractivity contribution is 6.32. The molecule has 1 amide bonds. The van der Waals surface area contributed by atoms with E-state index in [1.54, 1.807) is 37.4 Å². The topological polar surface area (TPSA) is 47.6 Å². The Balaban J connectivity index is 2.08. The van der Waals surface area contributed by atoms with Gasteiger partial charge in [0.2, 0.25) is 0 Å². The highest BCUT2D eigenvalue weighted by Crippen LogP contribution is 2.26. The fraction of sp³-hybridized carbons (Fsp3) is 0.350. The molecule has 2 rings (SSSR count). The Labute approximate surface area is 154 Å². The third kappa shape index (κ3) is 5.68. The largest absolute Gasteiger partial charge is 0.496 e. The van der Waals surface area contributed by atoms with Crippen LogP contribution < -0.4 is 14.8 Å². The van der Waals surface area contributed by atoms with Crippen LogP contribution in [0.15, 0.2) is 42.5 Å². The van der Waals surface area contributed by atoms with Gasteiger partial charge in [0.05, 0.1) is 12.1 Å². The molecule has 2 aromatic rings. The molecule has 0 aliphatic carbocycles. The first-order valence-corrected chi connectivity index (χ1v) is 8.71. The molecular formula is C20H24ClNO3. The number of ether oxygens (including phenoxy) is 2. The number of carbonyl (C=O) groups is 1. The first-order chi connectivity index (χ1) is 12.0. The molecule has 0 unspecified atom stereocenters. The van der Waals surface area contributed by atoms with Crippen LogP contribution in [0.3, 0.4) is 0 Å². The third-order valence-corrected chi connectivity index (χ3v) is 4.08. The van der Waals surface area contributed by atoms with Crippen LogP contribution in [0.1, 0.15) is 36.2 Å². The van der Waals surface area contributed by atoms with E-state index in [9.17, 15) is 4.79 Å². The van der Waals surface area contributed by atoms with Gasteiger partial charge in [0, 0.05) is 17.7 Å². The van der Waals surface area contributed by atoms with E-state index >= 15 is 0 Å². The summed E-state index contributed by atoms with van der Waals surface area (Å²) >= 11 is 6.11. The molecule has 0 spiro atoms. The zero-order valence-corrected chi connectivity index (χ0v) is 15.6. The fourth-order valence-electron chi connectivity index (χ4n) is 2.33. The number of nitrogens with one attached hydrogen (secondary N) is 1. The summed E-state index contributed by atoms with van der Waals surface area (Å²) in [6.45, 7) is 5.18. The lowest BCUT2D eigenvalue weighted by Crippen LogP contribution is -2.25. The molecule has 0 heterocycles. The van der Waals surface area contributed by atoms with Gasteiger partial charge in [-0.2, -0.15) is 0 Å². The second-order valence-corrected chi connectivity index (χ2v) is 6.59. The summed E-state index contributed by atoms with van der Waals surface area (Å²) in [5.74, 6) is 1.72. The van der Waals surface area contributed by atoms with E-state index in [1.807, 2.05) is 12.1 Å². The van der Waals surface area contributed by atoms with E-state index in [1.165, 1.54) is 0 Å². The van der Waals surface area contributed by atoms with Crippen molar-refractivity contribution in [3.8, 4) is 11.5 Å². The van der Waals surface area contributed by atoms with Gasteiger partial charge in [-0.15, -0.1) is 0 Å². The Hall–Kier alpha value is -2.20. The number of rotatable bonds is 8. The van der Waals surface area contributed by atoms with Gasteiger partial charge < -0.3 is 14.8 Å². The molecule has 1 N–H and O–H groups in total. The number of methoxy groups -OCH3 is 1. The minimum atomic E-state index is -0.0951. The minimum absolute atomic E-state index is 0.0951. The second-order valence-electron chi connectivity index (χ2n) is 6.18. The summed E-state index contributed by atoms with van der Waals surface area (Å²) in [5.41, 5.74) is 1.38. The van der Waals surface area contributed by atoms with Crippen LogP contribution in [-0.4, -0.2) is 19.6 Å². The highest BCUT2D eigenvalue weighted by Gasteiger charge is 2.11. The van der Waals surface area contributed by atoms with Crippen molar-refractivity contribution in [2.24, 2.45) is 5.92 Å². The fourth-order valence-corrected chi connectivity index (χ4v) is 2.52. The van der Waals surface area contributed by atoms with Gasteiger partial charge in [0.1, 0.15) is 18.1 Å². The van der Waals surface area contributed by atoms with Crippen LogP contribution in [0.5, 0.6) is 11.5 Å². The molecule has 0 aliphatic heterocycles. The maximum absolute atomic E-state index is 12.3. The van der Waals surface area contributed by atoms with Crippen LogP contribution in [0.2, 0.25) is 5.02 Å². The predicted molar refractivity (Wildman–Crippen MR) is 101 cm³/mol. The molecule has 134 valence electrons. The van der Waals surface area contributed by atoms with E-state index in [4.69, 9.17) is 21.1 Å². The minimum Gasteiger partial charge on any atom is -0.496 e. The van der Waals surface area contributed by atoms with Gasteiger partial charge >= 0.3 is 0 Å². The predicted octanol–water partition coefficient (Wildman–Crippen LogP) is 4.70. The zero-order valence-electron chi connectivity index (χ0n) is 14.8. The van der Waals surface area contributed by atoms with Gasteiger partial charge in [0.15, 0.2) is 0 Å². The van der Waals surface area contributed by atoms with Gasteiger partial charge in [-0.1, -0.05) is 37.6 Å². The molecule has 0 fully saturated rings. The van der Waals surface area contributed by atoms with Crippen molar-refractivity contribution in [3.05, 3.63) is 58.6 Å². The smallest absolute Gasteiger partial charge is 0.251 e. The average Bonchev–Trinajstić information content (AvgIpc) is 2.60. The molecule has 4 nitrogen and oxygen atoms in total. The molecule has 0 saturated carbocycles. The molecular weight excluding hydrogens is 338 g/mol. The Morgan fingerprint density at radius 2 is 1.92 bits per heavy atom. The Kier molecular flexibility index (Phi) is 7.14. The number of benzene rings is 2. The lowest BCUT2D eigenvalue weighted by molar-refractivity contribution is 0.0952. The number of carbonyl (C=O) groups excluding carboxylic acids is 1. The van der Waals surface area contributed by atoms with E-state index in [-0.39, 0.29) is 12.5 Å². The van der Waals surface area contributed by atoms with Crippen LogP contribution >= 0.6 is 11.6 Å². The first kappa shape index (κ1) is 19.1. The van der Waals surface area contributed by atoms with Crippen molar-refractivity contribution in [2.75, 3.05) is 13.7 Å². The lowest BCUT2D eigenvalue weighted by atomic mass is 10.1. The summed E-state index contributed by atoms with van der Waals surface area (Å²) in [7, 11) is 1.59. The van der Waals surface area contributed by atoms with Crippen LogP contribution in [0, 0.1) is 5.92 Å². The van der Waals surface area contributed by atoms with Crippen LogP contribution in [0.4, 0.5) is 0 Å². The summed E-state index contributed by atoms with van der Waals surface area (Å²) < 4.78 is 11.1. The maximum Gasteiger partial charge on any atom is 0.251 e. The Morgan fingerprint density at radius 1 is 1.16 bits per heavy atom. The first-order valence-electron chi connectivity index (χ1n) is 8.33. The van der Waals surface area contributed by atoms with Crippen molar-refractivity contribution >= 4 is 17.5 Å². The van der Waals surface area contributed by atoms with Crippen molar-refractivity contribution in [1.29, 1.82) is 0 Å². The summed E-state index contributed by atoms with van der Waals surface area (Å²) in [4.78, 5) is 12.3. The van der Waals surface area contributed by atoms with Crippen molar-refractivity contribution in [1.82, 2.24) is 5.32 Å². The molecule has 0 aliphatic rings. The number of hydrogen-bond acceptors (Lipinski definition) is 3. The van der Waals surface area contributed by atoms with Gasteiger partial charge in [0.25, 0.3) is 5.91 Å². The zero-order chi connectivity index (χ0) is 18.2. The van der Waals surface area contributed by atoms with E-state index < -0.39 is 0 Å². The number of halogens is 1. The quantitative estimate of drug-likeness (QED) is 0.741. The molecule has 0 radical (unpaired) electrons.